The highest BCUT2D eigenvalue weighted by molar-refractivity contribution is 5.93. The van der Waals surface area contributed by atoms with E-state index in [1.807, 2.05) is 25.3 Å². The molecule has 5 rings (SSSR count). The second-order valence-electron chi connectivity index (χ2n) is 11.3. The van der Waals surface area contributed by atoms with Crippen molar-refractivity contribution in [1.82, 2.24) is 0 Å². The summed E-state index contributed by atoms with van der Waals surface area (Å²) in [6.07, 6.45) is 9.24. The number of rotatable bonds is 7. The predicted molar refractivity (Wildman–Crippen MR) is 144 cm³/mol. The molecule has 204 valence electrons. The number of methoxy groups -OCH3 is 2. The first-order valence-electron chi connectivity index (χ1n) is 13.8. The molecule has 0 radical (unpaired) electrons. The van der Waals surface area contributed by atoms with Crippen LogP contribution in [0, 0.1) is 17.3 Å². The van der Waals surface area contributed by atoms with Crippen LogP contribution in [0.5, 0.6) is 0 Å². The zero-order chi connectivity index (χ0) is 26.9. The van der Waals surface area contributed by atoms with Gasteiger partial charge in [-0.15, -0.1) is 0 Å². The molecule has 0 aromatic heterocycles. The molecule has 2 saturated carbocycles. The van der Waals surface area contributed by atoms with Gasteiger partial charge in [0.2, 0.25) is 0 Å². The molecular formula is C31H39NO6. The van der Waals surface area contributed by atoms with Crippen molar-refractivity contribution < 1.29 is 28.6 Å². The van der Waals surface area contributed by atoms with Gasteiger partial charge in [0.25, 0.3) is 0 Å². The van der Waals surface area contributed by atoms with Crippen molar-refractivity contribution >= 4 is 18.2 Å². The Kier molecular flexibility index (Phi) is 7.60. The van der Waals surface area contributed by atoms with E-state index in [1.165, 1.54) is 22.9 Å². The van der Waals surface area contributed by atoms with E-state index in [9.17, 15) is 9.59 Å². The average Bonchev–Trinajstić information content (AvgIpc) is 3.20. The van der Waals surface area contributed by atoms with Crippen LogP contribution in [0.15, 0.2) is 52.2 Å². The fraction of sp³-hybridized carbons (Fsp3) is 0.581. The first kappa shape index (κ1) is 26.8. The molecule has 4 aliphatic carbocycles. The number of benzene rings is 1. The number of carbonyl (C=O) groups excluding carboxylic acids is 2. The highest BCUT2D eigenvalue weighted by Crippen LogP contribution is 2.67. The Morgan fingerprint density at radius 3 is 2.63 bits per heavy atom. The summed E-state index contributed by atoms with van der Waals surface area (Å²) in [6, 6.07) is 8.35. The summed E-state index contributed by atoms with van der Waals surface area (Å²) in [5.41, 5.74) is 6.00. The number of oxime groups is 1. The van der Waals surface area contributed by atoms with Gasteiger partial charge < -0.3 is 14.2 Å². The Morgan fingerprint density at radius 1 is 1.13 bits per heavy atom. The van der Waals surface area contributed by atoms with E-state index in [0.717, 1.165) is 44.1 Å². The number of hydrogen-bond donors (Lipinski definition) is 0. The zero-order valence-electron chi connectivity index (χ0n) is 23.0. The maximum absolute atomic E-state index is 12.3. The van der Waals surface area contributed by atoms with Crippen molar-refractivity contribution in [3.8, 4) is 0 Å². The lowest BCUT2D eigenvalue weighted by Gasteiger charge is -2.55. The minimum Gasteiger partial charge on any atom is -0.433 e. The molecule has 7 nitrogen and oxygen atoms in total. The average molecular weight is 522 g/mol. The fourth-order valence-corrected chi connectivity index (χ4v) is 7.99. The minimum atomic E-state index is -0.814. The number of hydrogen-bond acceptors (Lipinski definition) is 7. The maximum atomic E-state index is 12.3. The third-order valence-corrected chi connectivity index (χ3v) is 9.72. The van der Waals surface area contributed by atoms with E-state index in [1.54, 1.807) is 19.6 Å². The molecule has 5 atom stereocenters. The van der Waals surface area contributed by atoms with E-state index in [4.69, 9.17) is 19.0 Å². The molecule has 0 amide bonds. The normalized spacial score (nSPS) is 32.5. The lowest BCUT2D eigenvalue weighted by Crippen LogP contribution is -2.54. The smallest absolute Gasteiger partial charge is 0.433 e. The lowest BCUT2D eigenvalue weighted by atomic mass is 9.51. The van der Waals surface area contributed by atoms with Crippen LogP contribution >= 0.6 is 0 Å². The highest BCUT2D eigenvalue weighted by Gasteiger charge is 2.63. The van der Waals surface area contributed by atoms with E-state index in [0.29, 0.717) is 24.9 Å². The van der Waals surface area contributed by atoms with Crippen LogP contribution in [-0.2, 0) is 23.8 Å². The van der Waals surface area contributed by atoms with Gasteiger partial charge in [0.15, 0.2) is 5.78 Å². The number of carbonyl (C=O) groups is 2. The van der Waals surface area contributed by atoms with Crippen molar-refractivity contribution in [3.63, 3.8) is 0 Å². The van der Waals surface area contributed by atoms with Gasteiger partial charge in [-0.1, -0.05) is 41.9 Å². The van der Waals surface area contributed by atoms with Crippen LogP contribution in [0.3, 0.4) is 0 Å². The van der Waals surface area contributed by atoms with E-state index < -0.39 is 6.16 Å². The number of nitrogens with zero attached hydrogens (tertiary/aromatic N) is 1. The van der Waals surface area contributed by atoms with Gasteiger partial charge in [-0.2, -0.15) is 0 Å². The molecule has 1 aromatic rings. The SMILES string of the molecule is CCOC(=O)O/N=C/c1ccc([C@H]2C[C@@]3(C)[C@@H](CC[C@]3(COC)OC)[C@@H]3CCC4=CC(=O)CCC4=C32)cc1. The van der Waals surface area contributed by atoms with Gasteiger partial charge in [0.1, 0.15) is 0 Å². The van der Waals surface area contributed by atoms with Gasteiger partial charge in [0, 0.05) is 32.0 Å². The van der Waals surface area contributed by atoms with Crippen LogP contribution in [0.1, 0.15) is 75.8 Å². The third-order valence-electron chi connectivity index (χ3n) is 9.72. The lowest BCUT2D eigenvalue weighted by molar-refractivity contribution is -0.149. The second kappa shape index (κ2) is 10.8. The van der Waals surface area contributed by atoms with E-state index in [2.05, 4.69) is 24.2 Å². The van der Waals surface area contributed by atoms with Crippen LogP contribution in [0.4, 0.5) is 4.79 Å². The Balaban J connectivity index is 1.52. The Labute approximate surface area is 225 Å². The van der Waals surface area contributed by atoms with Crippen LogP contribution < -0.4 is 0 Å². The first-order chi connectivity index (χ1) is 18.4. The molecule has 0 N–H and O–H groups in total. The third kappa shape index (κ3) is 4.54. The summed E-state index contributed by atoms with van der Waals surface area (Å²) < 4.78 is 16.8. The predicted octanol–water partition coefficient (Wildman–Crippen LogP) is 6.12. The summed E-state index contributed by atoms with van der Waals surface area (Å²) in [6.45, 7) is 4.97. The van der Waals surface area contributed by atoms with Crippen molar-refractivity contribution in [2.24, 2.45) is 22.4 Å². The van der Waals surface area contributed by atoms with Gasteiger partial charge in [0.05, 0.1) is 25.0 Å². The molecule has 0 heterocycles. The molecule has 0 unspecified atom stereocenters. The largest absolute Gasteiger partial charge is 0.535 e. The number of ketones is 1. The van der Waals surface area contributed by atoms with Gasteiger partial charge in [-0.05, 0) is 85.6 Å². The molecule has 0 aliphatic heterocycles. The Bertz CT molecular complexity index is 1170. The first-order valence-corrected chi connectivity index (χ1v) is 13.8. The van der Waals surface area contributed by atoms with Crippen LogP contribution in [0.25, 0.3) is 0 Å². The topological polar surface area (TPSA) is 83.4 Å². The monoisotopic (exact) mass is 521 g/mol. The number of allylic oxidation sites excluding steroid dienone is 4. The summed E-state index contributed by atoms with van der Waals surface area (Å²) >= 11 is 0. The van der Waals surface area contributed by atoms with E-state index in [-0.39, 0.29) is 29.3 Å². The molecule has 7 heteroatoms. The van der Waals surface area contributed by atoms with Crippen molar-refractivity contribution in [2.45, 2.75) is 70.3 Å². The molecular weight excluding hydrogens is 482 g/mol. The molecule has 38 heavy (non-hydrogen) atoms. The summed E-state index contributed by atoms with van der Waals surface area (Å²) in [5, 5.41) is 3.76. The fourth-order valence-electron chi connectivity index (χ4n) is 7.99. The molecule has 0 spiro atoms. The van der Waals surface area contributed by atoms with Crippen molar-refractivity contribution in [1.29, 1.82) is 0 Å². The zero-order valence-corrected chi connectivity index (χ0v) is 23.0. The summed E-state index contributed by atoms with van der Waals surface area (Å²) in [7, 11) is 3.62. The number of fused-ring (bicyclic) bond motifs is 4. The summed E-state index contributed by atoms with van der Waals surface area (Å²) in [4.78, 5) is 28.4. The maximum Gasteiger partial charge on any atom is 0.535 e. The Morgan fingerprint density at radius 2 is 1.92 bits per heavy atom. The van der Waals surface area contributed by atoms with Gasteiger partial charge in [-0.3, -0.25) is 9.63 Å². The van der Waals surface area contributed by atoms with Crippen LogP contribution in [0.2, 0.25) is 0 Å². The van der Waals surface area contributed by atoms with Crippen molar-refractivity contribution in [3.05, 3.63) is 58.2 Å². The standard InChI is InChI=1S/C31H39NO6/c1-5-37-29(34)38-32-18-20-6-8-21(9-7-20)26-17-30(2)27(14-15-31(30,36-4)19-35-3)25-12-10-22-16-23(33)11-13-24(22)28(25)26/h6-9,16,18,25-27H,5,10-15,17,19H2,1-4H3/b32-18+/t25-,26+,27-,30-,31+/m0/s1. The summed E-state index contributed by atoms with van der Waals surface area (Å²) in [5.74, 6) is 1.50. The quantitative estimate of drug-likeness (QED) is 0.186. The Hall–Kier alpha value is -2.77. The molecule has 0 bridgehead atoms. The van der Waals surface area contributed by atoms with Gasteiger partial charge >= 0.3 is 6.16 Å². The van der Waals surface area contributed by atoms with Crippen LogP contribution in [-0.4, -0.2) is 51.2 Å². The molecule has 0 saturated heterocycles. The minimum absolute atomic E-state index is 0.0313. The number of ether oxygens (including phenoxy) is 3. The second-order valence-corrected chi connectivity index (χ2v) is 11.3. The molecule has 1 aromatic carbocycles. The highest BCUT2D eigenvalue weighted by atomic mass is 16.8. The molecule has 4 aliphatic rings. The van der Waals surface area contributed by atoms with E-state index >= 15 is 0 Å². The molecule has 2 fully saturated rings. The van der Waals surface area contributed by atoms with Gasteiger partial charge in [-0.25, -0.2) is 4.79 Å². The van der Waals surface area contributed by atoms with Crippen molar-refractivity contribution in [2.75, 3.05) is 27.4 Å².